The maximum absolute atomic E-state index is 13.1. The second-order valence-corrected chi connectivity index (χ2v) is 11.0. The number of rotatable bonds is 4. The van der Waals surface area contributed by atoms with Gasteiger partial charge in [-0.2, -0.15) is 4.31 Å². The first-order valence-electron chi connectivity index (χ1n) is 10.3. The summed E-state index contributed by atoms with van der Waals surface area (Å²) in [6, 6.07) is 4.86. The molecule has 2 fully saturated rings. The molecule has 1 aromatic carbocycles. The van der Waals surface area contributed by atoms with E-state index in [0.29, 0.717) is 51.0 Å². The fraction of sp³-hybridized carbons (Fsp3) is 0.600. The van der Waals surface area contributed by atoms with E-state index in [1.165, 1.54) is 27.0 Å². The Bertz CT molecular complexity index is 930. The fourth-order valence-electron chi connectivity index (χ4n) is 4.10. The van der Waals surface area contributed by atoms with Crippen molar-refractivity contribution in [2.24, 2.45) is 5.92 Å². The molecule has 0 unspecified atom stereocenters. The van der Waals surface area contributed by atoms with Gasteiger partial charge < -0.3 is 14.5 Å². The Kier molecular flexibility index (Phi) is 6.38. The molecule has 3 aliphatic heterocycles. The van der Waals surface area contributed by atoms with E-state index in [1.807, 2.05) is 4.90 Å². The van der Waals surface area contributed by atoms with Gasteiger partial charge in [0.15, 0.2) is 0 Å². The highest BCUT2D eigenvalue weighted by atomic mass is 32.2. The van der Waals surface area contributed by atoms with Crippen molar-refractivity contribution in [1.82, 2.24) is 9.21 Å². The summed E-state index contributed by atoms with van der Waals surface area (Å²) in [6.45, 7) is 4.83. The number of nitrogens with zero attached hydrogens (tertiary/aromatic N) is 3. The molecule has 4 rings (SSSR count). The third kappa shape index (κ3) is 4.37. The van der Waals surface area contributed by atoms with Crippen LogP contribution in [0.1, 0.15) is 19.8 Å². The molecule has 8 nitrogen and oxygen atoms in total. The van der Waals surface area contributed by atoms with Crippen molar-refractivity contribution in [1.29, 1.82) is 0 Å². The van der Waals surface area contributed by atoms with E-state index in [4.69, 9.17) is 4.74 Å². The minimum Gasteiger partial charge on any atom is -0.379 e. The number of sulfonamides is 1. The molecule has 0 N–H and O–H groups in total. The van der Waals surface area contributed by atoms with E-state index in [9.17, 15) is 18.0 Å². The van der Waals surface area contributed by atoms with Crippen molar-refractivity contribution >= 4 is 39.3 Å². The Morgan fingerprint density at radius 2 is 2.00 bits per heavy atom. The third-order valence-corrected chi connectivity index (χ3v) is 8.73. The molecular weight excluding hydrogens is 426 g/mol. The van der Waals surface area contributed by atoms with Crippen LogP contribution in [0.3, 0.4) is 0 Å². The van der Waals surface area contributed by atoms with Crippen molar-refractivity contribution in [3.63, 3.8) is 0 Å². The van der Waals surface area contributed by atoms with Crippen LogP contribution >= 0.6 is 11.8 Å². The maximum atomic E-state index is 13.1. The number of ether oxygens (including phenoxy) is 1. The monoisotopic (exact) mass is 453 g/mol. The molecule has 0 bridgehead atoms. The average molecular weight is 454 g/mol. The van der Waals surface area contributed by atoms with E-state index in [0.717, 1.165) is 17.7 Å². The Balaban J connectivity index is 1.59. The highest BCUT2D eigenvalue weighted by Gasteiger charge is 2.32. The Morgan fingerprint density at radius 1 is 1.23 bits per heavy atom. The van der Waals surface area contributed by atoms with Crippen molar-refractivity contribution in [3.05, 3.63) is 18.2 Å². The number of benzene rings is 1. The van der Waals surface area contributed by atoms with E-state index in [1.54, 1.807) is 12.1 Å². The Hall–Kier alpha value is -1.62. The molecule has 2 saturated heterocycles. The number of carbonyl (C=O) groups excluding carboxylic acids is 2. The molecule has 30 heavy (non-hydrogen) atoms. The molecule has 2 amide bonds. The van der Waals surface area contributed by atoms with E-state index in [2.05, 4.69) is 6.92 Å². The average Bonchev–Trinajstić information content (AvgIpc) is 2.76. The largest absolute Gasteiger partial charge is 0.379 e. The number of hydrogen-bond acceptors (Lipinski definition) is 6. The van der Waals surface area contributed by atoms with Crippen LogP contribution < -0.4 is 4.90 Å². The van der Waals surface area contributed by atoms with Gasteiger partial charge in [-0.1, -0.05) is 6.92 Å². The highest BCUT2D eigenvalue weighted by Crippen LogP contribution is 2.37. The smallest absolute Gasteiger partial charge is 0.243 e. The van der Waals surface area contributed by atoms with Gasteiger partial charge in [0, 0.05) is 31.1 Å². The number of morpholine rings is 1. The van der Waals surface area contributed by atoms with Gasteiger partial charge in [0.1, 0.15) is 6.54 Å². The molecule has 1 atom stereocenters. The number of piperidine rings is 1. The summed E-state index contributed by atoms with van der Waals surface area (Å²) < 4.78 is 32.8. The van der Waals surface area contributed by atoms with Crippen LogP contribution in [0.4, 0.5) is 5.69 Å². The van der Waals surface area contributed by atoms with Crippen LogP contribution in [0.15, 0.2) is 28.0 Å². The molecular formula is C20H27N3O5S2. The number of hydrogen-bond donors (Lipinski definition) is 0. The van der Waals surface area contributed by atoms with Crippen LogP contribution in [0.2, 0.25) is 0 Å². The number of fused-ring (bicyclic) bond motifs is 1. The molecule has 3 aliphatic rings. The summed E-state index contributed by atoms with van der Waals surface area (Å²) in [5.41, 5.74) is 0.504. The zero-order valence-electron chi connectivity index (χ0n) is 17.1. The fourth-order valence-corrected chi connectivity index (χ4v) is 6.45. The van der Waals surface area contributed by atoms with Crippen LogP contribution in [0, 0.1) is 5.92 Å². The zero-order chi connectivity index (χ0) is 21.3. The molecule has 1 aromatic rings. The summed E-state index contributed by atoms with van der Waals surface area (Å²) in [7, 11) is -3.68. The van der Waals surface area contributed by atoms with Crippen molar-refractivity contribution in [2.45, 2.75) is 29.6 Å². The lowest BCUT2D eigenvalue weighted by atomic mass is 10.0. The topological polar surface area (TPSA) is 87.2 Å². The van der Waals surface area contributed by atoms with Gasteiger partial charge in [-0.05, 0) is 37.0 Å². The normalized spacial score (nSPS) is 23.4. The zero-order valence-corrected chi connectivity index (χ0v) is 18.7. The second kappa shape index (κ2) is 8.86. The van der Waals surface area contributed by atoms with Gasteiger partial charge in [-0.15, -0.1) is 11.8 Å². The lowest BCUT2D eigenvalue weighted by molar-refractivity contribution is -0.132. The second-order valence-electron chi connectivity index (χ2n) is 8.00. The lowest BCUT2D eigenvalue weighted by Crippen LogP contribution is -2.47. The molecule has 0 aliphatic carbocycles. The minimum absolute atomic E-state index is 0.0554. The molecule has 10 heteroatoms. The standard InChI is InChI=1S/C20H27N3O5S2/c1-15-3-2-6-21(12-15)19(24)13-23-17-11-16(4-5-18(17)29-14-20(23)25)30(26,27)22-7-9-28-10-8-22/h4-5,11,15H,2-3,6-10,12-14H2,1H3/t15-/m0/s1. The van der Waals surface area contributed by atoms with Crippen molar-refractivity contribution in [2.75, 3.05) is 56.6 Å². The van der Waals surface area contributed by atoms with E-state index < -0.39 is 10.0 Å². The minimum atomic E-state index is -3.68. The Morgan fingerprint density at radius 3 is 2.73 bits per heavy atom. The van der Waals surface area contributed by atoms with Crippen LogP contribution in [-0.4, -0.2) is 81.1 Å². The first-order chi connectivity index (χ1) is 14.4. The van der Waals surface area contributed by atoms with Gasteiger partial charge in [-0.3, -0.25) is 9.59 Å². The van der Waals surface area contributed by atoms with Gasteiger partial charge in [0.2, 0.25) is 21.8 Å². The van der Waals surface area contributed by atoms with Crippen LogP contribution in [0.25, 0.3) is 0 Å². The van der Waals surface area contributed by atoms with Gasteiger partial charge in [-0.25, -0.2) is 8.42 Å². The first kappa shape index (κ1) is 21.6. The molecule has 164 valence electrons. The highest BCUT2D eigenvalue weighted by molar-refractivity contribution is 8.00. The quantitative estimate of drug-likeness (QED) is 0.685. The number of anilines is 1. The van der Waals surface area contributed by atoms with Crippen LogP contribution in [-0.2, 0) is 24.3 Å². The Labute approximate surface area is 181 Å². The maximum Gasteiger partial charge on any atom is 0.243 e. The summed E-state index contributed by atoms with van der Waals surface area (Å²) >= 11 is 1.37. The van der Waals surface area contributed by atoms with Crippen LogP contribution in [0.5, 0.6) is 0 Å². The number of carbonyl (C=O) groups is 2. The van der Waals surface area contributed by atoms with E-state index in [-0.39, 0.29) is 29.0 Å². The van der Waals surface area contributed by atoms with Crippen molar-refractivity contribution < 1.29 is 22.7 Å². The summed E-state index contributed by atoms with van der Waals surface area (Å²) in [4.78, 5) is 29.8. The molecule has 0 spiro atoms. The van der Waals surface area contributed by atoms with Gasteiger partial charge in [0.25, 0.3) is 0 Å². The summed E-state index contributed by atoms with van der Waals surface area (Å²) in [6.07, 6.45) is 2.07. The lowest BCUT2D eigenvalue weighted by Gasteiger charge is -2.34. The predicted octanol–water partition coefficient (Wildman–Crippen LogP) is 1.40. The molecule has 3 heterocycles. The number of thioether (sulfide) groups is 1. The number of amides is 2. The third-order valence-electron chi connectivity index (χ3n) is 5.78. The van der Waals surface area contributed by atoms with E-state index >= 15 is 0 Å². The first-order valence-corrected chi connectivity index (χ1v) is 12.7. The summed E-state index contributed by atoms with van der Waals surface area (Å²) in [5.74, 6) is 0.431. The van der Waals surface area contributed by atoms with Gasteiger partial charge >= 0.3 is 0 Å². The predicted molar refractivity (Wildman–Crippen MR) is 114 cm³/mol. The molecule has 0 radical (unpaired) electrons. The molecule has 0 aromatic heterocycles. The summed E-state index contributed by atoms with van der Waals surface area (Å²) in [5, 5.41) is 0. The number of likely N-dealkylation sites (tertiary alicyclic amines) is 1. The van der Waals surface area contributed by atoms with Gasteiger partial charge in [0.05, 0.1) is 29.5 Å². The SMILES string of the molecule is C[C@H]1CCCN(C(=O)CN2C(=O)CSc3ccc(S(=O)(=O)N4CCOCC4)cc32)C1. The van der Waals surface area contributed by atoms with Crippen molar-refractivity contribution in [3.8, 4) is 0 Å². The molecule has 0 saturated carbocycles.